The number of alkyl halides is 2. The molecule has 28 heavy (non-hydrogen) atoms. The predicted molar refractivity (Wildman–Crippen MR) is 99.4 cm³/mol. The predicted octanol–water partition coefficient (Wildman–Crippen LogP) is 3.63. The van der Waals surface area contributed by atoms with E-state index < -0.39 is 17.5 Å². The van der Waals surface area contributed by atoms with Crippen LogP contribution in [0.2, 0.25) is 5.02 Å². The van der Waals surface area contributed by atoms with E-state index in [1.165, 1.54) is 7.05 Å². The number of hydrogen-bond donors (Lipinski definition) is 0. The van der Waals surface area contributed by atoms with Gasteiger partial charge >= 0.3 is 5.69 Å². The normalized spacial score (nSPS) is 17.5. The van der Waals surface area contributed by atoms with E-state index in [1.807, 2.05) is 13.0 Å². The molecular weight excluding hydrogens is 390 g/mol. The minimum Gasteiger partial charge on any atom is -0.487 e. The number of rotatable bonds is 5. The van der Waals surface area contributed by atoms with E-state index >= 15 is 0 Å². The van der Waals surface area contributed by atoms with E-state index in [-0.39, 0.29) is 13.0 Å². The molecular formula is C19H17ClF2N4O2. The summed E-state index contributed by atoms with van der Waals surface area (Å²) in [5, 5.41) is 7.96. The summed E-state index contributed by atoms with van der Waals surface area (Å²) in [6, 6.07) is 10.2. The Hall–Kier alpha value is -2.74. The van der Waals surface area contributed by atoms with Crippen molar-refractivity contribution in [3.05, 3.63) is 68.6 Å². The average molecular weight is 407 g/mol. The minimum atomic E-state index is -2.76. The van der Waals surface area contributed by atoms with Gasteiger partial charge in [-0.05, 0) is 46.7 Å². The van der Waals surface area contributed by atoms with Crippen LogP contribution in [0.3, 0.4) is 0 Å². The first-order valence-corrected chi connectivity index (χ1v) is 9.03. The number of benzene rings is 2. The van der Waals surface area contributed by atoms with Gasteiger partial charge in [-0.15, -0.1) is 0 Å². The second kappa shape index (κ2) is 6.70. The molecule has 0 amide bonds. The molecule has 0 radical (unpaired) electrons. The molecule has 146 valence electrons. The lowest BCUT2D eigenvalue weighted by atomic mass is 10.0. The Morgan fingerprint density at radius 3 is 2.68 bits per heavy atom. The first kappa shape index (κ1) is 18.6. The van der Waals surface area contributed by atoms with Crippen LogP contribution in [0.4, 0.5) is 8.78 Å². The fourth-order valence-electron chi connectivity index (χ4n) is 3.16. The molecule has 1 aromatic heterocycles. The summed E-state index contributed by atoms with van der Waals surface area (Å²) in [5.74, 6) is -3.23. The molecule has 1 atom stereocenters. The second-order valence-corrected chi connectivity index (χ2v) is 7.29. The molecule has 3 aromatic rings. The maximum atomic E-state index is 13.8. The van der Waals surface area contributed by atoms with Crippen LogP contribution in [0.5, 0.6) is 5.75 Å². The van der Waals surface area contributed by atoms with Gasteiger partial charge in [0.25, 0.3) is 5.92 Å². The number of aryl methyl sites for hydroxylation is 2. The van der Waals surface area contributed by atoms with E-state index in [0.29, 0.717) is 27.6 Å². The lowest BCUT2D eigenvalue weighted by molar-refractivity contribution is 0.112. The molecule has 1 fully saturated rings. The molecule has 0 aliphatic heterocycles. The largest absolute Gasteiger partial charge is 0.487 e. The zero-order chi connectivity index (χ0) is 20.1. The molecule has 2 aromatic carbocycles. The molecule has 1 saturated carbocycles. The van der Waals surface area contributed by atoms with Crippen molar-refractivity contribution in [2.45, 2.75) is 31.8 Å². The van der Waals surface area contributed by atoms with E-state index in [2.05, 4.69) is 10.4 Å². The van der Waals surface area contributed by atoms with Crippen LogP contribution >= 0.6 is 11.6 Å². The first-order chi connectivity index (χ1) is 13.3. The lowest BCUT2D eigenvalue weighted by Crippen LogP contribution is -2.23. The topological polar surface area (TPSA) is 61.9 Å². The summed E-state index contributed by atoms with van der Waals surface area (Å²) < 4.78 is 35.6. The third-order valence-electron chi connectivity index (χ3n) is 4.80. The summed E-state index contributed by atoms with van der Waals surface area (Å²) in [6.45, 7) is 1.86. The molecule has 6 nitrogen and oxygen atoms in total. The van der Waals surface area contributed by atoms with Crippen LogP contribution in [-0.4, -0.2) is 25.7 Å². The fraction of sp³-hybridized carbons (Fsp3) is 0.316. The third kappa shape index (κ3) is 3.28. The quantitative estimate of drug-likeness (QED) is 0.649. The Labute approximate surface area is 164 Å². The lowest BCUT2D eigenvalue weighted by Gasteiger charge is -2.16. The Balaban J connectivity index is 1.78. The molecule has 1 unspecified atom stereocenters. The number of hydrogen-bond acceptors (Lipinski definition) is 4. The van der Waals surface area contributed by atoms with Gasteiger partial charge in [-0.25, -0.2) is 13.6 Å². The highest BCUT2D eigenvalue weighted by molar-refractivity contribution is 6.32. The van der Waals surface area contributed by atoms with Crippen molar-refractivity contribution >= 4 is 11.6 Å². The molecule has 0 N–H and O–H groups in total. The monoisotopic (exact) mass is 406 g/mol. The highest BCUT2D eigenvalue weighted by Crippen LogP contribution is 2.56. The third-order valence-corrected chi connectivity index (χ3v) is 5.11. The SMILES string of the molecule is Cc1ccc(Cl)c(OCc2c(C3CC3(F)F)cccc2-n2nnn(C)c2=O)c1. The van der Waals surface area contributed by atoms with Crippen LogP contribution < -0.4 is 10.4 Å². The van der Waals surface area contributed by atoms with Gasteiger partial charge in [0.2, 0.25) is 0 Å². The maximum absolute atomic E-state index is 13.8. The number of nitrogens with zero attached hydrogens (tertiary/aromatic N) is 4. The molecule has 1 aliphatic carbocycles. The van der Waals surface area contributed by atoms with Crippen molar-refractivity contribution in [2.24, 2.45) is 7.05 Å². The van der Waals surface area contributed by atoms with E-state index in [0.717, 1.165) is 14.9 Å². The van der Waals surface area contributed by atoms with Crippen LogP contribution in [-0.2, 0) is 13.7 Å². The number of tetrazole rings is 1. The van der Waals surface area contributed by atoms with Crippen LogP contribution in [0.1, 0.15) is 29.0 Å². The molecule has 0 spiro atoms. The van der Waals surface area contributed by atoms with Crippen molar-refractivity contribution in [1.29, 1.82) is 0 Å². The molecule has 1 heterocycles. The van der Waals surface area contributed by atoms with Crippen molar-refractivity contribution in [3.8, 4) is 11.4 Å². The fourth-order valence-corrected chi connectivity index (χ4v) is 3.33. The number of ether oxygens (including phenoxy) is 1. The van der Waals surface area contributed by atoms with Crippen molar-refractivity contribution in [2.75, 3.05) is 0 Å². The smallest absolute Gasteiger partial charge is 0.368 e. The zero-order valence-electron chi connectivity index (χ0n) is 15.2. The van der Waals surface area contributed by atoms with Gasteiger partial charge in [0.15, 0.2) is 0 Å². The highest BCUT2D eigenvalue weighted by Gasteiger charge is 2.58. The van der Waals surface area contributed by atoms with Crippen LogP contribution in [0.15, 0.2) is 41.2 Å². The van der Waals surface area contributed by atoms with Gasteiger partial charge in [0.1, 0.15) is 12.4 Å². The summed E-state index contributed by atoms with van der Waals surface area (Å²) in [6.07, 6.45) is -0.232. The molecule has 0 bridgehead atoms. The number of aromatic nitrogens is 4. The van der Waals surface area contributed by atoms with Gasteiger partial charge in [0.05, 0.1) is 16.6 Å². The minimum absolute atomic E-state index is 0.0374. The molecule has 1 aliphatic rings. The van der Waals surface area contributed by atoms with Crippen molar-refractivity contribution < 1.29 is 13.5 Å². The van der Waals surface area contributed by atoms with Gasteiger partial charge in [0, 0.05) is 19.0 Å². The zero-order valence-corrected chi connectivity index (χ0v) is 16.0. The van der Waals surface area contributed by atoms with Gasteiger partial charge in [-0.3, -0.25) is 0 Å². The first-order valence-electron chi connectivity index (χ1n) is 8.66. The molecule has 0 saturated heterocycles. The van der Waals surface area contributed by atoms with E-state index in [9.17, 15) is 13.6 Å². The van der Waals surface area contributed by atoms with Crippen LogP contribution in [0.25, 0.3) is 5.69 Å². The summed E-state index contributed by atoms with van der Waals surface area (Å²) in [4.78, 5) is 12.3. The highest BCUT2D eigenvalue weighted by atomic mass is 35.5. The maximum Gasteiger partial charge on any atom is 0.368 e. The van der Waals surface area contributed by atoms with E-state index in [4.69, 9.17) is 16.3 Å². The summed E-state index contributed by atoms with van der Waals surface area (Å²) in [5.41, 5.74) is 1.73. The number of halogens is 3. The van der Waals surface area contributed by atoms with Crippen LogP contribution in [0, 0.1) is 6.92 Å². The Morgan fingerprint density at radius 1 is 1.29 bits per heavy atom. The summed E-state index contributed by atoms with van der Waals surface area (Å²) >= 11 is 6.18. The Morgan fingerprint density at radius 2 is 2.04 bits per heavy atom. The van der Waals surface area contributed by atoms with Gasteiger partial charge in [-0.1, -0.05) is 29.8 Å². The second-order valence-electron chi connectivity index (χ2n) is 6.88. The average Bonchev–Trinajstić information content (AvgIpc) is 3.17. The Bertz CT molecular complexity index is 1110. The van der Waals surface area contributed by atoms with Gasteiger partial charge < -0.3 is 4.74 Å². The summed E-state index contributed by atoms with van der Waals surface area (Å²) in [7, 11) is 1.47. The van der Waals surface area contributed by atoms with Gasteiger partial charge in [-0.2, -0.15) is 9.36 Å². The molecule has 9 heteroatoms. The van der Waals surface area contributed by atoms with Crippen molar-refractivity contribution in [1.82, 2.24) is 19.8 Å². The van der Waals surface area contributed by atoms with E-state index in [1.54, 1.807) is 30.3 Å². The standard InChI is InChI=1S/C19H17ClF2N4O2/c1-11-6-7-15(20)17(8-11)28-10-13-12(14-9-19(14,21)22)4-3-5-16(13)26-18(27)25(2)23-24-26/h3-8,14H,9-10H2,1-2H3. The van der Waals surface area contributed by atoms with Crippen molar-refractivity contribution in [3.63, 3.8) is 0 Å². The Kier molecular flexibility index (Phi) is 4.45. The molecule has 4 rings (SSSR count).